The molecule has 2 nitrogen and oxygen atoms in total. The van der Waals surface area contributed by atoms with Gasteiger partial charge in [0, 0.05) is 0 Å². The van der Waals surface area contributed by atoms with E-state index in [1.165, 1.54) is 75.3 Å². The first kappa shape index (κ1) is 28.3. The van der Waals surface area contributed by atoms with Crippen molar-refractivity contribution < 1.29 is 10.2 Å². The molecule has 2 rings (SSSR count). The Kier molecular flexibility index (Phi) is 18.8. The van der Waals surface area contributed by atoms with E-state index >= 15 is 0 Å². The van der Waals surface area contributed by atoms with Crippen LogP contribution in [0.4, 0.5) is 0 Å². The SMILES string of the molecule is CCCCCCCc1ccc([O-])cc1.CCCCCCCc1ccc([O-])cc1.[Ca+2]. The van der Waals surface area contributed by atoms with E-state index in [4.69, 9.17) is 0 Å². The quantitative estimate of drug-likeness (QED) is 0.303. The van der Waals surface area contributed by atoms with E-state index in [2.05, 4.69) is 13.8 Å². The average Bonchev–Trinajstić information content (AvgIpc) is 2.71. The number of unbranched alkanes of at least 4 members (excludes halogenated alkanes) is 8. The summed E-state index contributed by atoms with van der Waals surface area (Å²) in [6.45, 7) is 4.46. The smallest absolute Gasteiger partial charge is 0.872 e. The second-order valence-corrected chi connectivity index (χ2v) is 7.62. The van der Waals surface area contributed by atoms with Crippen molar-refractivity contribution in [3.8, 4) is 11.5 Å². The molecule has 0 aliphatic rings. The van der Waals surface area contributed by atoms with E-state index in [1.807, 2.05) is 24.3 Å². The van der Waals surface area contributed by atoms with Gasteiger partial charge in [-0.25, -0.2) is 0 Å². The van der Waals surface area contributed by atoms with Gasteiger partial charge in [-0.05, 0) is 36.8 Å². The molecule has 0 atom stereocenters. The predicted octanol–water partition coefficient (Wildman–Crippen LogP) is 6.17. The fourth-order valence-electron chi connectivity index (χ4n) is 3.18. The molecule has 29 heavy (non-hydrogen) atoms. The van der Waals surface area contributed by atoms with Gasteiger partial charge in [-0.15, -0.1) is 11.5 Å². The minimum atomic E-state index is 0. The molecule has 0 aliphatic carbocycles. The van der Waals surface area contributed by atoms with Gasteiger partial charge in [0.2, 0.25) is 0 Å². The molecule has 0 N–H and O–H groups in total. The van der Waals surface area contributed by atoms with Crippen LogP contribution in [0, 0.1) is 0 Å². The van der Waals surface area contributed by atoms with Gasteiger partial charge in [0.25, 0.3) is 0 Å². The number of rotatable bonds is 12. The summed E-state index contributed by atoms with van der Waals surface area (Å²) >= 11 is 0. The van der Waals surface area contributed by atoms with Gasteiger partial charge in [-0.1, -0.05) is 114 Å². The molecule has 0 bridgehead atoms. The van der Waals surface area contributed by atoms with Crippen LogP contribution in [0.5, 0.6) is 11.5 Å². The molecule has 3 heteroatoms. The zero-order valence-corrected chi connectivity index (χ0v) is 20.8. The van der Waals surface area contributed by atoms with Crippen molar-refractivity contribution in [3.05, 3.63) is 59.7 Å². The summed E-state index contributed by atoms with van der Waals surface area (Å²) in [5.41, 5.74) is 2.59. The van der Waals surface area contributed by atoms with Crippen molar-refractivity contribution in [1.82, 2.24) is 0 Å². The van der Waals surface area contributed by atoms with Crippen LogP contribution >= 0.6 is 0 Å². The van der Waals surface area contributed by atoms with Crippen LogP contribution in [-0.4, -0.2) is 37.7 Å². The van der Waals surface area contributed by atoms with Crippen LogP contribution in [0.2, 0.25) is 0 Å². The van der Waals surface area contributed by atoms with E-state index in [1.54, 1.807) is 24.3 Å². The standard InChI is InChI=1S/2C13H20O.Ca/c2*1-2-3-4-5-6-7-12-8-10-13(14)11-9-12;/h2*8-11,14H,2-7H2,1H3;/q;;+2/p-2. The fraction of sp³-hybridized carbons (Fsp3) is 0.538. The molecule has 2 aromatic carbocycles. The summed E-state index contributed by atoms with van der Waals surface area (Å²) < 4.78 is 0. The summed E-state index contributed by atoms with van der Waals surface area (Å²) in [6.07, 6.45) is 15.3. The number of hydrogen-bond donors (Lipinski definition) is 0. The summed E-state index contributed by atoms with van der Waals surface area (Å²) in [5.74, 6) is 0.222. The average molecular weight is 423 g/mol. The van der Waals surface area contributed by atoms with Gasteiger partial charge < -0.3 is 10.2 Å². The Hall–Kier alpha value is -0.700. The van der Waals surface area contributed by atoms with E-state index < -0.39 is 0 Å². The Morgan fingerprint density at radius 3 is 1.10 bits per heavy atom. The molecule has 0 fully saturated rings. The van der Waals surface area contributed by atoms with Crippen LogP contribution in [-0.2, 0) is 12.8 Å². The first-order chi connectivity index (χ1) is 13.7. The third-order valence-electron chi connectivity index (χ3n) is 4.98. The molecule has 0 unspecified atom stereocenters. The largest absolute Gasteiger partial charge is 2.00 e. The van der Waals surface area contributed by atoms with Crippen molar-refractivity contribution in [2.75, 3.05) is 0 Å². The van der Waals surface area contributed by atoms with Gasteiger partial charge in [0.05, 0.1) is 0 Å². The zero-order valence-electron chi connectivity index (χ0n) is 18.6. The summed E-state index contributed by atoms with van der Waals surface area (Å²) in [6, 6.07) is 14.4. The Balaban J connectivity index is 0.000000523. The van der Waals surface area contributed by atoms with Gasteiger partial charge in [0.1, 0.15) is 0 Å². The van der Waals surface area contributed by atoms with E-state index in [-0.39, 0.29) is 49.2 Å². The molecule has 0 aliphatic heterocycles. The van der Waals surface area contributed by atoms with Crippen molar-refractivity contribution in [2.45, 2.75) is 90.9 Å². The van der Waals surface area contributed by atoms with Crippen LogP contribution in [0.15, 0.2) is 48.5 Å². The van der Waals surface area contributed by atoms with E-state index in [0.29, 0.717) is 0 Å². The number of hydrogen-bond acceptors (Lipinski definition) is 2. The molecule has 0 spiro atoms. The van der Waals surface area contributed by atoms with Crippen LogP contribution in [0.3, 0.4) is 0 Å². The molecule has 156 valence electrons. The van der Waals surface area contributed by atoms with E-state index in [9.17, 15) is 10.2 Å². The molecule has 0 radical (unpaired) electrons. The molecule has 0 heterocycles. The van der Waals surface area contributed by atoms with E-state index in [0.717, 1.165) is 12.8 Å². The molecular formula is C26H38CaO2. The molecular weight excluding hydrogens is 384 g/mol. The van der Waals surface area contributed by atoms with Crippen LogP contribution in [0.1, 0.15) is 89.2 Å². The third-order valence-corrected chi connectivity index (χ3v) is 4.98. The summed E-state index contributed by atoms with van der Waals surface area (Å²) in [4.78, 5) is 0. The Labute approximate surface area is 208 Å². The minimum Gasteiger partial charge on any atom is -0.872 e. The molecule has 0 saturated carbocycles. The predicted molar refractivity (Wildman–Crippen MR) is 122 cm³/mol. The second-order valence-electron chi connectivity index (χ2n) is 7.62. The molecule has 2 aromatic rings. The summed E-state index contributed by atoms with van der Waals surface area (Å²) in [5, 5.41) is 21.7. The Bertz CT molecular complexity index is 538. The molecule has 0 amide bonds. The Morgan fingerprint density at radius 2 is 0.793 bits per heavy atom. The first-order valence-electron chi connectivity index (χ1n) is 11.2. The normalized spacial score (nSPS) is 10.0. The second kappa shape index (κ2) is 19.3. The topological polar surface area (TPSA) is 46.1 Å². The first-order valence-corrected chi connectivity index (χ1v) is 11.2. The molecule has 0 aromatic heterocycles. The van der Waals surface area contributed by atoms with Crippen molar-refractivity contribution >= 4 is 37.7 Å². The maximum atomic E-state index is 10.8. The number of aryl methyl sites for hydroxylation is 2. The van der Waals surface area contributed by atoms with Crippen molar-refractivity contribution in [1.29, 1.82) is 0 Å². The van der Waals surface area contributed by atoms with Gasteiger partial charge in [-0.2, -0.15) is 0 Å². The van der Waals surface area contributed by atoms with Crippen LogP contribution < -0.4 is 10.2 Å². The zero-order chi connectivity index (χ0) is 20.5. The Morgan fingerprint density at radius 1 is 0.483 bits per heavy atom. The maximum absolute atomic E-state index is 10.8. The fourth-order valence-corrected chi connectivity index (χ4v) is 3.18. The minimum absolute atomic E-state index is 0. The molecule has 0 saturated heterocycles. The van der Waals surface area contributed by atoms with Crippen LogP contribution in [0.25, 0.3) is 0 Å². The van der Waals surface area contributed by atoms with Gasteiger partial charge in [-0.3, -0.25) is 0 Å². The number of benzene rings is 2. The van der Waals surface area contributed by atoms with Gasteiger partial charge >= 0.3 is 37.7 Å². The van der Waals surface area contributed by atoms with Crippen molar-refractivity contribution in [2.24, 2.45) is 0 Å². The van der Waals surface area contributed by atoms with Gasteiger partial charge in [0.15, 0.2) is 0 Å². The summed E-state index contributed by atoms with van der Waals surface area (Å²) in [7, 11) is 0. The maximum Gasteiger partial charge on any atom is 2.00 e. The van der Waals surface area contributed by atoms with Crippen molar-refractivity contribution in [3.63, 3.8) is 0 Å². The monoisotopic (exact) mass is 422 g/mol. The third kappa shape index (κ3) is 15.8.